The molecule has 9 nitrogen and oxygen atoms in total. The summed E-state index contributed by atoms with van der Waals surface area (Å²) >= 11 is 0. The van der Waals surface area contributed by atoms with Gasteiger partial charge in [0.2, 0.25) is 5.91 Å². The Morgan fingerprint density at radius 3 is 2.60 bits per heavy atom. The third kappa shape index (κ3) is 8.72. The molecule has 2 rings (SSSR count). The lowest BCUT2D eigenvalue weighted by Gasteiger charge is -2.22. The number of nitrogens with zero attached hydrogens (tertiary/aromatic N) is 2. The number of pyridine rings is 1. The molecule has 1 aliphatic rings. The molecule has 11 heteroatoms. The standard InChI is InChI=1S/C19H25N3O6S2/c1-19(2,30-29-15-5-3-4-9-21-15)13-14(23)20-10-12-27-11-8-18(26)28-22-16(24)6-7-17(22)25/h3-5,9H,6-8,10-13H2,1-2H3,(H,20,23). The van der Waals surface area contributed by atoms with Gasteiger partial charge >= 0.3 is 5.97 Å². The zero-order chi connectivity index (χ0) is 22.0. The van der Waals surface area contributed by atoms with E-state index in [0.29, 0.717) is 18.0 Å². The summed E-state index contributed by atoms with van der Waals surface area (Å²) in [4.78, 5) is 55.4. The highest BCUT2D eigenvalue weighted by atomic mass is 33.1. The van der Waals surface area contributed by atoms with Crippen molar-refractivity contribution in [3.8, 4) is 0 Å². The van der Waals surface area contributed by atoms with Gasteiger partial charge < -0.3 is 14.9 Å². The van der Waals surface area contributed by atoms with Crippen LogP contribution in [0.25, 0.3) is 0 Å². The van der Waals surface area contributed by atoms with Crippen LogP contribution in [0, 0.1) is 0 Å². The third-order valence-corrected chi connectivity index (χ3v) is 7.00. The quantitative estimate of drug-likeness (QED) is 0.287. The SMILES string of the molecule is CC(C)(CC(=O)NCCOCCC(=O)ON1C(=O)CCC1=O)SSc1ccccn1. The van der Waals surface area contributed by atoms with Crippen LogP contribution in [0.15, 0.2) is 29.4 Å². The highest BCUT2D eigenvalue weighted by molar-refractivity contribution is 8.77. The lowest BCUT2D eigenvalue weighted by molar-refractivity contribution is -0.198. The number of carbonyl (C=O) groups excluding carboxylic acids is 4. The average molecular weight is 456 g/mol. The molecule has 1 aliphatic heterocycles. The number of nitrogens with one attached hydrogen (secondary N) is 1. The second kappa shape index (κ2) is 11.9. The molecule has 0 radical (unpaired) electrons. The lowest BCUT2D eigenvalue weighted by atomic mass is 10.1. The molecule has 1 fully saturated rings. The van der Waals surface area contributed by atoms with Crippen LogP contribution in [0.2, 0.25) is 0 Å². The predicted molar refractivity (Wildman–Crippen MR) is 112 cm³/mol. The van der Waals surface area contributed by atoms with E-state index in [0.717, 1.165) is 5.03 Å². The minimum atomic E-state index is -0.716. The van der Waals surface area contributed by atoms with Gasteiger partial charge in [0.15, 0.2) is 0 Å². The summed E-state index contributed by atoms with van der Waals surface area (Å²) in [5, 5.41) is 4.18. The minimum absolute atomic E-state index is 0.0550. The maximum atomic E-state index is 12.1. The summed E-state index contributed by atoms with van der Waals surface area (Å²) in [6.45, 7) is 4.59. The van der Waals surface area contributed by atoms with Crippen LogP contribution >= 0.6 is 21.6 Å². The molecule has 164 valence electrons. The van der Waals surface area contributed by atoms with Gasteiger partial charge in [-0.1, -0.05) is 16.9 Å². The number of hydroxylamine groups is 2. The van der Waals surface area contributed by atoms with E-state index in [-0.39, 0.29) is 43.1 Å². The fraction of sp³-hybridized carbons (Fsp3) is 0.526. The molecule has 0 atom stereocenters. The summed E-state index contributed by atoms with van der Waals surface area (Å²) < 4.78 is 5.01. The van der Waals surface area contributed by atoms with Gasteiger partial charge in [0, 0.05) is 36.8 Å². The van der Waals surface area contributed by atoms with E-state index in [1.54, 1.807) is 17.0 Å². The first-order valence-corrected chi connectivity index (χ1v) is 11.6. The largest absolute Gasteiger partial charge is 0.379 e. The van der Waals surface area contributed by atoms with Crippen molar-refractivity contribution in [1.82, 2.24) is 15.4 Å². The Hall–Kier alpha value is -2.11. The maximum Gasteiger partial charge on any atom is 0.335 e. The average Bonchev–Trinajstić information content (AvgIpc) is 3.01. The van der Waals surface area contributed by atoms with Gasteiger partial charge in [-0.3, -0.25) is 14.4 Å². The second-order valence-corrected chi connectivity index (χ2v) is 9.89. The Bertz CT molecular complexity index is 744. The highest BCUT2D eigenvalue weighted by Gasteiger charge is 2.32. The van der Waals surface area contributed by atoms with Crippen molar-refractivity contribution in [1.29, 1.82) is 0 Å². The first-order chi connectivity index (χ1) is 14.3. The summed E-state index contributed by atoms with van der Waals surface area (Å²) in [5.41, 5.74) is 0. The number of imide groups is 1. The molecule has 1 aromatic rings. The van der Waals surface area contributed by atoms with E-state index in [1.165, 1.54) is 10.8 Å². The van der Waals surface area contributed by atoms with Crippen molar-refractivity contribution in [2.75, 3.05) is 19.8 Å². The number of carbonyl (C=O) groups is 4. The first kappa shape index (κ1) is 24.2. The van der Waals surface area contributed by atoms with Crippen LogP contribution in [-0.2, 0) is 28.8 Å². The molecule has 2 heterocycles. The Balaban J connectivity index is 1.53. The molecule has 0 spiro atoms. The molecular weight excluding hydrogens is 430 g/mol. The normalized spacial score (nSPS) is 14.1. The van der Waals surface area contributed by atoms with Crippen LogP contribution in [0.5, 0.6) is 0 Å². The Morgan fingerprint density at radius 1 is 1.20 bits per heavy atom. The zero-order valence-corrected chi connectivity index (χ0v) is 18.6. The molecule has 3 amide bonds. The Morgan fingerprint density at radius 2 is 1.93 bits per heavy atom. The van der Waals surface area contributed by atoms with Crippen LogP contribution in [0.3, 0.4) is 0 Å². The predicted octanol–water partition coefficient (Wildman–Crippen LogP) is 2.12. The number of rotatable bonds is 12. The van der Waals surface area contributed by atoms with Crippen molar-refractivity contribution in [2.45, 2.75) is 49.3 Å². The number of amides is 3. The summed E-state index contributed by atoms with van der Waals surface area (Å²) in [7, 11) is 3.11. The first-order valence-electron chi connectivity index (χ1n) is 9.44. The van der Waals surface area contributed by atoms with E-state index in [1.807, 2.05) is 32.0 Å². The van der Waals surface area contributed by atoms with Gasteiger partial charge in [0.1, 0.15) is 5.03 Å². The second-order valence-electron chi connectivity index (χ2n) is 7.03. The van der Waals surface area contributed by atoms with Gasteiger partial charge in [-0.15, -0.1) is 5.06 Å². The molecule has 0 bridgehead atoms. The minimum Gasteiger partial charge on any atom is -0.379 e. The van der Waals surface area contributed by atoms with Crippen molar-refractivity contribution in [2.24, 2.45) is 0 Å². The van der Waals surface area contributed by atoms with Crippen LogP contribution in [0.4, 0.5) is 0 Å². The summed E-state index contributed by atoms with van der Waals surface area (Å²) in [6, 6.07) is 5.69. The highest BCUT2D eigenvalue weighted by Crippen LogP contribution is 2.41. The summed E-state index contributed by atoms with van der Waals surface area (Å²) in [5.74, 6) is -1.84. The van der Waals surface area contributed by atoms with E-state index >= 15 is 0 Å². The molecule has 0 unspecified atom stereocenters. The van der Waals surface area contributed by atoms with Gasteiger partial charge in [-0.2, -0.15) is 0 Å². The molecule has 1 aromatic heterocycles. The van der Waals surface area contributed by atoms with Crippen LogP contribution in [-0.4, -0.2) is 58.2 Å². The van der Waals surface area contributed by atoms with Crippen molar-refractivity contribution in [3.05, 3.63) is 24.4 Å². The summed E-state index contributed by atoms with van der Waals surface area (Å²) in [6.07, 6.45) is 2.08. The van der Waals surface area contributed by atoms with E-state index < -0.39 is 17.8 Å². The molecule has 0 saturated carbocycles. The van der Waals surface area contributed by atoms with E-state index in [2.05, 4.69) is 10.3 Å². The van der Waals surface area contributed by atoms with E-state index in [4.69, 9.17) is 9.57 Å². The van der Waals surface area contributed by atoms with Crippen molar-refractivity contribution in [3.63, 3.8) is 0 Å². The van der Waals surface area contributed by atoms with Gasteiger partial charge in [0.05, 0.1) is 19.6 Å². The Labute approximate surface area is 183 Å². The number of ether oxygens (including phenoxy) is 1. The molecule has 30 heavy (non-hydrogen) atoms. The third-order valence-electron chi connectivity index (χ3n) is 3.79. The lowest BCUT2D eigenvalue weighted by Crippen LogP contribution is -2.33. The number of hydrogen-bond acceptors (Lipinski definition) is 9. The van der Waals surface area contributed by atoms with Crippen molar-refractivity contribution >= 4 is 45.3 Å². The molecule has 0 aromatic carbocycles. The topological polar surface area (TPSA) is 115 Å². The fourth-order valence-corrected chi connectivity index (χ4v) is 4.50. The molecule has 1 N–H and O–H groups in total. The Kier molecular flexibility index (Phi) is 9.60. The van der Waals surface area contributed by atoms with Crippen molar-refractivity contribution < 1.29 is 28.8 Å². The van der Waals surface area contributed by atoms with Gasteiger partial charge in [0.25, 0.3) is 11.8 Å². The number of hydrogen-bond donors (Lipinski definition) is 1. The monoisotopic (exact) mass is 455 g/mol. The van der Waals surface area contributed by atoms with Gasteiger partial charge in [-0.05, 0) is 36.8 Å². The molecule has 0 aliphatic carbocycles. The van der Waals surface area contributed by atoms with Crippen LogP contribution < -0.4 is 5.32 Å². The van der Waals surface area contributed by atoms with Gasteiger partial charge in [-0.25, -0.2) is 9.78 Å². The number of aromatic nitrogens is 1. The maximum absolute atomic E-state index is 12.1. The smallest absolute Gasteiger partial charge is 0.335 e. The van der Waals surface area contributed by atoms with Crippen LogP contribution in [0.1, 0.15) is 39.5 Å². The fourth-order valence-electron chi connectivity index (χ4n) is 2.36. The zero-order valence-electron chi connectivity index (χ0n) is 16.9. The molecule has 1 saturated heterocycles. The van der Waals surface area contributed by atoms with E-state index in [9.17, 15) is 19.2 Å². The molecular formula is C19H25N3O6S2.